The molecule has 4 heteroatoms. The van der Waals surface area contributed by atoms with E-state index < -0.39 is 12.0 Å². The Morgan fingerprint density at radius 1 is 1.20 bits per heavy atom. The number of carbonyl (C=O) groups is 1. The number of aliphatic hydroxyl groups is 1. The number of anilines is 1. The van der Waals surface area contributed by atoms with E-state index in [4.69, 9.17) is 0 Å². The summed E-state index contributed by atoms with van der Waals surface area (Å²) in [7, 11) is 0. The first-order chi connectivity index (χ1) is 9.47. The second kappa shape index (κ2) is 5.84. The van der Waals surface area contributed by atoms with Gasteiger partial charge in [0, 0.05) is 5.69 Å². The standard InChI is InChI=1S/C16H16FNO2/c1-10-4-3-5-13(8-10)18-16(20)15(19)12-6-7-14(17)11(2)9-12/h3-9,15,19H,1-2H3,(H,18,20). The molecule has 2 N–H and O–H groups in total. The minimum atomic E-state index is -1.32. The molecule has 2 rings (SSSR count). The molecule has 0 aliphatic carbocycles. The van der Waals surface area contributed by atoms with Crippen molar-refractivity contribution in [3.8, 4) is 0 Å². The van der Waals surface area contributed by atoms with Crippen LogP contribution >= 0.6 is 0 Å². The number of halogens is 1. The third-order valence-corrected chi connectivity index (χ3v) is 3.03. The molecule has 0 fully saturated rings. The second-order valence-electron chi connectivity index (χ2n) is 4.77. The van der Waals surface area contributed by atoms with Gasteiger partial charge in [0.15, 0.2) is 6.10 Å². The molecule has 0 aliphatic heterocycles. The molecule has 0 saturated heterocycles. The molecule has 0 radical (unpaired) electrons. The number of hydrogen-bond acceptors (Lipinski definition) is 2. The molecule has 1 amide bonds. The summed E-state index contributed by atoms with van der Waals surface area (Å²) in [4.78, 5) is 12.0. The second-order valence-corrected chi connectivity index (χ2v) is 4.77. The highest BCUT2D eigenvalue weighted by molar-refractivity contribution is 5.94. The van der Waals surface area contributed by atoms with Crippen LogP contribution in [0.5, 0.6) is 0 Å². The lowest BCUT2D eigenvalue weighted by molar-refractivity contribution is -0.124. The number of rotatable bonds is 3. The zero-order chi connectivity index (χ0) is 14.7. The number of aryl methyl sites for hydroxylation is 2. The van der Waals surface area contributed by atoms with Crippen molar-refractivity contribution < 1.29 is 14.3 Å². The van der Waals surface area contributed by atoms with Crippen molar-refractivity contribution in [1.29, 1.82) is 0 Å². The molecule has 0 spiro atoms. The molecule has 0 aromatic heterocycles. The topological polar surface area (TPSA) is 49.3 Å². The maximum absolute atomic E-state index is 13.2. The van der Waals surface area contributed by atoms with Crippen LogP contribution in [0.1, 0.15) is 22.8 Å². The zero-order valence-corrected chi connectivity index (χ0v) is 11.4. The van der Waals surface area contributed by atoms with Crippen LogP contribution in [0.3, 0.4) is 0 Å². The lowest BCUT2D eigenvalue weighted by atomic mass is 10.1. The third kappa shape index (κ3) is 3.22. The lowest BCUT2D eigenvalue weighted by Gasteiger charge is -2.13. The van der Waals surface area contributed by atoms with Gasteiger partial charge in [0.05, 0.1) is 0 Å². The first-order valence-electron chi connectivity index (χ1n) is 6.29. The van der Waals surface area contributed by atoms with Crippen molar-refractivity contribution >= 4 is 11.6 Å². The van der Waals surface area contributed by atoms with Gasteiger partial charge < -0.3 is 10.4 Å². The van der Waals surface area contributed by atoms with Crippen LogP contribution in [0.2, 0.25) is 0 Å². The molecular formula is C16H16FNO2. The molecule has 1 atom stereocenters. The lowest BCUT2D eigenvalue weighted by Crippen LogP contribution is -2.21. The van der Waals surface area contributed by atoms with E-state index in [-0.39, 0.29) is 5.82 Å². The predicted molar refractivity (Wildman–Crippen MR) is 75.9 cm³/mol. The Labute approximate surface area is 117 Å². The van der Waals surface area contributed by atoms with Gasteiger partial charge >= 0.3 is 0 Å². The normalized spacial score (nSPS) is 12.0. The van der Waals surface area contributed by atoms with E-state index in [9.17, 15) is 14.3 Å². The van der Waals surface area contributed by atoms with Crippen LogP contribution in [-0.2, 0) is 4.79 Å². The Bertz CT molecular complexity index is 640. The molecule has 0 aliphatic rings. The van der Waals surface area contributed by atoms with E-state index in [2.05, 4.69) is 5.32 Å². The van der Waals surface area contributed by atoms with Crippen molar-refractivity contribution in [3.05, 3.63) is 65.0 Å². The maximum atomic E-state index is 13.2. The van der Waals surface area contributed by atoms with Crippen molar-refractivity contribution in [2.75, 3.05) is 5.32 Å². The number of carbonyl (C=O) groups excluding carboxylic acids is 1. The molecule has 1 unspecified atom stereocenters. The Morgan fingerprint density at radius 2 is 1.95 bits per heavy atom. The molecule has 20 heavy (non-hydrogen) atoms. The summed E-state index contributed by atoms with van der Waals surface area (Å²) in [5.41, 5.74) is 2.39. The van der Waals surface area contributed by atoms with E-state index in [0.717, 1.165) is 5.56 Å². The molecule has 0 saturated carbocycles. The summed E-state index contributed by atoms with van der Waals surface area (Å²) in [6.07, 6.45) is -1.32. The van der Waals surface area contributed by atoms with Gasteiger partial charge in [0.1, 0.15) is 5.82 Å². The van der Waals surface area contributed by atoms with E-state index in [1.54, 1.807) is 19.1 Å². The van der Waals surface area contributed by atoms with Crippen LogP contribution in [0.4, 0.5) is 10.1 Å². The Hall–Kier alpha value is -2.20. The van der Waals surface area contributed by atoms with Crippen LogP contribution in [0, 0.1) is 19.7 Å². The monoisotopic (exact) mass is 273 g/mol. The number of hydrogen-bond donors (Lipinski definition) is 2. The van der Waals surface area contributed by atoms with Gasteiger partial charge in [-0.15, -0.1) is 0 Å². The quantitative estimate of drug-likeness (QED) is 0.902. The predicted octanol–water partition coefficient (Wildman–Crippen LogP) is 3.11. The summed E-state index contributed by atoms with van der Waals surface area (Å²) in [6.45, 7) is 3.50. The molecule has 0 bridgehead atoms. The highest BCUT2D eigenvalue weighted by Crippen LogP contribution is 2.19. The van der Waals surface area contributed by atoms with Crippen molar-refractivity contribution in [2.24, 2.45) is 0 Å². The largest absolute Gasteiger partial charge is 0.378 e. The fraction of sp³-hybridized carbons (Fsp3) is 0.188. The number of nitrogens with one attached hydrogen (secondary N) is 1. The van der Waals surface area contributed by atoms with Crippen LogP contribution in [0.25, 0.3) is 0 Å². The zero-order valence-electron chi connectivity index (χ0n) is 11.4. The molecular weight excluding hydrogens is 257 g/mol. The molecule has 2 aromatic carbocycles. The molecule has 2 aromatic rings. The minimum Gasteiger partial charge on any atom is -0.378 e. The summed E-state index contributed by atoms with van der Waals surface area (Å²) < 4.78 is 13.2. The van der Waals surface area contributed by atoms with Crippen LogP contribution < -0.4 is 5.32 Å². The molecule has 104 valence electrons. The van der Waals surface area contributed by atoms with Gasteiger partial charge in [-0.25, -0.2) is 4.39 Å². The van der Waals surface area contributed by atoms with Crippen molar-refractivity contribution in [1.82, 2.24) is 0 Å². The van der Waals surface area contributed by atoms with Gasteiger partial charge in [-0.1, -0.05) is 24.3 Å². The van der Waals surface area contributed by atoms with Crippen LogP contribution in [0.15, 0.2) is 42.5 Å². The fourth-order valence-electron chi connectivity index (χ4n) is 1.92. The van der Waals surface area contributed by atoms with Crippen molar-refractivity contribution in [2.45, 2.75) is 20.0 Å². The van der Waals surface area contributed by atoms with E-state index in [1.165, 1.54) is 18.2 Å². The summed E-state index contributed by atoms with van der Waals surface area (Å²) >= 11 is 0. The van der Waals surface area contributed by atoms with E-state index in [1.807, 2.05) is 19.1 Å². The van der Waals surface area contributed by atoms with Gasteiger partial charge in [-0.05, 0) is 48.7 Å². The smallest absolute Gasteiger partial charge is 0.257 e. The third-order valence-electron chi connectivity index (χ3n) is 3.03. The SMILES string of the molecule is Cc1cccc(NC(=O)C(O)c2ccc(F)c(C)c2)c1. The van der Waals surface area contributed by atoms with E-state index >= 15 is 0 Å². The first-order valence-corrected chi connectivity index (χ1v) is 6.29. The average Bonchev–Trinajstić information content (AvgIpc) is 2.41. The fourth-order valence-corrected chi connectivity index (χ4v) is 1.92. The first kappa shape index (κ1) is 14.2. The van der Waals surface area contributed by atoms with Crippen LogP contribution in [-0.4, -0.2) is 11.0 Å². The Morgan fingerprint density at radius 3 is 2.60 bits per heavy atom. The highest BCUT2D eigenvalue weighted by atomic mass is 19.1. The summed E-state index contributed by atoms with van der Waals surface area (Å²) in [5, 5.41) is 12.6. The molecule has 3 nitrogen and oxygen atoms in total. The number of amides is 1. The summed E-state index contributed by atoms with van der Waals surface area (Å²) in [6, 6.07) is 11.4. The van der Waals surface area contributed by atoms with E-state index in [0.29, 0.717) is 16.8 Å². The minimum absolute atomic E-state index is 0.361. The highest BCUT2D eigenvalue weighted by Gasteiger charge is 2.18. The van der Waals surface area contributed by atoms with Gasteiger partial charge in [-0.2, -0.15) is 0 Å². The Kier molecular flexibility index (Phi) is 4.15. The average molecular weight is 273 g/mol. The van der Waals surface area contributed by atoms with Gasteiger partial charge in [-0.3, -0.25) is 4.79 Å². The van der Waals surface area contributed by atoms with Gasteiger partial charge in [0.2, 0.25) is 0 Å². The number of benzene rings is 2. The maximum Gasteiger partial charge on any atom is 0.257 e. The Balaban J connectivity index is 2.14. The van der Waals surface area contributed by atoms with Crippen molar-refractivity contribution in [3.63, 3.8) is 0 Å². The summed E-state index contributed by atoms with van der Waals surface area (Å²) in [5.74, 6) is -0.901. The molecule has 0 heterocycles. The number of aliphatic hydroxyl groups excluding tert-OH is 1. The van der Waals surface area contributed by atoms with Gasteiger partial charge in [0.25, 0.3) is 5.91 Å².